The molecule has 1 heterocycles. The minimum Gasteiger partial charge on any atom is -0.444 e. The van der Waals surface area contributed by atoms with Crippen LogP contribution in [0.5, 0.6) is 0 Å². The Hall–Kier alpha value is -2.41. The van der Waals surface area contributed by atoms with Crippen molar-refractivity contribution in [2.24, 2.45) is 0 Å². The molecule has 1 fully saturated rings. The van der Waals surface area contributed by atoms with Gasteiger partial charge in [0.2, 0.25) is 0 Å². The van der Waals surface area contributed by atoms with Crippen LogP contribution in [0.15, 0.2) is 42.5 Å². The Balaban J connectivity index is 1.55. The molecular weight excluding hydrogens is 490 g/mol. The van der Waals surface area contributed by atoms with Crippen LogP contribution in [0.4, 0.5) is 4.79 Å². The predicted octanol–water partition coefficient (Wildman–Crippen LogP) is 7.13. The van der Waals surface area contributed by atoms with Crippen LogP contribution in [0.3, 0.4) is 0 Å². The van der Waals surface area contributed by atoms with Crippen molar-refractivity contribution in [1.82, 2.24) is 4.90 Å². The lowest BCUT2D eigenvalue weighted by Gasteiger charge is -2.40. The van der Waals surface area contributed by atoms with E-state index in [0.717, 1.165) is 18.4 Å². The van der Waals surface area contributed by atoms with Crippen molar-refractivity contribution >= 4 is 23.5 Å². The van der Waals surface area contributed by atoms with E-state index in [1.54, 1.807) is 17.0 Å². The van der Waals surface area contributed by atoms with Crippen molar-refractivity contribution < 1.29 is 23.8 Å². The third kappa shape index (κ3) is 7.79. The zero-order valence-corrected chi connectivity index (χ0v) is 23.9. The van der Waals surface area contributed by atoms with E-state index in [1.165, 1.54) is 11.1 Å². The number of carbonyl (C=O) groups is 2. The molecule has 0 spiro atoms. The van der Waals surface area contributed by atoms with E-state index in [9.17, 15) is 9.59 Å². The molecule has 7 heteroatoms. The van der Waals surface area contributed by atoms with Crippen LogP contribution in [-0.2, 0) is 27.2 Å². The molecule has 0 unspecified atom stereocenters. The average Bonchev–Trinajstić information content (AvgIpc) is 3.03. The fourth-order valence-corrected chi connectivity index (χ4v) is 4.77. The number of benzene rings is 2. The van der Waals surface area contributed by atoms with Gasteiger partial charge in [-0.1, -0.05) is 53.6 Å². The zero-order chi connectivity index (χ0) is 27.4. The molecule has 0 N–H and O–H groups in total. The largest absolute Gasteiger partial charge is 0.444 e. The van der Waals surface area contributed by atoms with Crippen molar-refractivity contribution in [2.45, 2.75) is 91.2 Å². The van der Waals surface area contributed by atoms with E-state index in [4.69, 9.17) is 25.8 Å². The smallest absolute Gasteiger partial charge is 0.413 e. The highest BCUT2D eigenvalue weighted by molar-refractivity contribution is 6.31. The van der Waals surface area contributed by atoms with Gasteiger partial charge >= 0.3 is 6.09 Å². The first-order valence-corrected chi connectivity index (χ1v) is 13.2. The van der Waals surface area contributed by atoms with Gasteiger partial charge in [-0.2, -0.15) is 0 Å². The highest BCUT2D eigenvalue weighted by atomic mass is 35.5. The number of ketones is 1. The molecule has 202 valence electrons. The fourth-order valence-electron chi connectivity index (χ4n) is 4.54. The van der Waals surface area contributed by atoms with Gasteiger partial charge in [-0.05, 0) is 78.5 Å². The number of hydrogen-bond donors (Lipinski definition) is 0. The van der Waals surface area contributed by atoms with Gasteiger partial charge in [0.05, 0.1) is 25.4 Å². The molecule has 0 saturated carbocycles. The predicted molar refractivity (Wildman–Crippen MR) is 146 cm³/mol. The molecule has 1 saturated heterocycles. The van der Waals surface area contributed by atoms with E-state index in [-0.39, 0.29) is 19.0 Å². The molecule has 0 radical (unpaired) electrons. The molecule has 0 aliphatic carbocycles. The van der Waals surface area contributed by atoms with E-state index in [2.05, 4.69) is 31.2 Å². The monoisotopic (exact) mass is 529 g/mol. The topological polar surface area (TPSA) is 65.1 Å². The van der Waals surface area contributed by atoms with Crippen molar-refractivity contribution in [3.63, 3.8) is 0 Å². The molecular formula is C30H40ClNO5. The molecule has 6 nitrogen and oxygen atoms in total. The van der Waals surface area contributed by atoms with Crippen molar-refractivity contribution in [2.75, 3.05) is 13.2 Å². The summed E-state index contributed by atoms with van der Waals surface area (Å²) in [4.78, 5) is 27.3. The summed E-state index contributed by atoms with van der Waals surface area (Å²) in [6, 6.07) is 13.7. The van der Waals surface area contributed by atoms with Gasteiger partial charge < -0.3 is 14.2 Å². The van der Waals surface area contributed by atoms with Gasteiger partial charge in [0, 0.05) is 17.0 Å². The summed E-state index contributed by atoms with van der Waals surface area (Å²) in [6.07, 6.45) is 1.68. The third-order valence-corrected chi connectivity index (χ3v) is 6.78. The first kappa shape index (κ1) is 29.2. The summed E-state index contributed by atoms with van der Waals surface area (Å²) in [7, 11) is 0. The first-order valence-electron chi connectivity index (χ1n) is 12.8. The van der Waals surface area contributed by atoms with E-state index >= 15 is 0 Å². The number of hydrogen-bond acceptors (Lipinski definition) is 5. The highest BCUT2D eigenvalue weighted by Gasteiger charge is 2.53. The van der Waals surface area contributed by atoms with E-state index in [0.29, 0.717) is 23.6 Å². The van der Waals surface area contributed by atoms with Crippen LogP contribution in [0, 0.1) is 6.92 Å². The average molecular weight is 530 g/mol. The highest BCUT2D eigenvalue weighted by Crippen LogP contribution is 2.37. The van der Waals surface area contributed by atoms with Crippen molar-refractivity contribution in [3.8, 4) is 0 Å². The second kappa shape index (κ2) is 11.5. The Labute approximate surface area is 226 Å². The van der Waals surface area contributed by atoms with Crippen LogP contribution >= 0.6 is 11.6 Å². The van der Waals surface area contributed by atoms with Gasteiger partial charge in [-0.25, -0.2) is 4.79 Å². The summed E-state index contributed by atoms with van der Waals surface area (Å²) < 4.78 is 17.6. The molecule has 2 aromatic carbocycles. The van der Waals surface area contributed by atoms with Crippen molar-refractivity contribution in [3.05, 3.63) is 69.7 Å². The van der Waals surface area contributed by atoms with Crippen LogP contribution < -0.4 is 0 Å². The Morgan fingerprint density at radius 3 is 2.38 bits per heavy atom. The standard InChI is InChI=1S/C30H40ClNO5/c1-21-11-13-22(14-12-21)9-8-10-26(33)23-15-16-24(25(31)17-23)18-35-19-30(7)20-36-29(5,6)32(30)27(34)37-28(2,3)4/h11-17H,8-10,18-20H2,1-7H3/t30-/m1/s1. The molecule has 2 aromatic rings. The summed E-state index contributed by atoms with van der Waals surface area (Å²) in [6.45, 7) is 14.0. The molecule has 0 aromatic heterocycles. The quantitative estimate of drug-likeness (QED) is 0.323. The van der Waals surface area contributed by atoms with Gasteiger partial charge in [-0.3, -0.25) is 9.69 Å². The number of rotatable bonds is 9. The second-order valence-corrected chi connectivity index (χ2v) is 12.0. The molecule has 1 aliphatic rings. The Morgan fingerprint density at radius 2 is 1.76 bits per heavy atom. The molecule has 3 rings (SSSR count). The minimum atomic E-state index is -0.820. The Bertz CT molecular complexity index is 1110. The molecule has 1 amide bonds. The molecule has 0 bridgehead atoms. The summed E-state index contributed by atoms with van der Waals surface area (Å²) in [5.41, 5.74) is 1.71. The Morgan fingerprint density at radius 1 is 1.08 bits per heavy atom. The molecule has 1 aliphatic heterocycles. The van der Waals surface area contributed by atoms with E-state index in [1.807, 2.05) is 47.6 Å². The normalized spacial score (nSPS) is 19.2. The number of carbonyl (C=O) groups excluding carboxylic acids is 2. The number of halogens is 1. The molecule has 1 atom stereocenters. The van der Waals surface area contributed by atoms with Crippen LogP contribution in [0.1, 0.15) is 81.4 Å². The van der Waals surface area contributed by atoms with Crippen LogP contribution in [-0.4, -0.2) is 46.9 Å². The maximum absolute atomic E-state index is 13.0. The lowest BCUT2D eigenvalue weighted by Crippen LogP contribution is -2.57. The zero-order valence-electron chi connectivity index (χ0n) is 23.2. The maximum atomic E-state index is 13.0. The minimum absolute atomic E-state index is 0.0762. The first-order chi connectivity index (χ1) is 17.2. The third-order valence-electron chi connectivity index (χ3n) is 6.43. The summed E-state index contributed by atoms with van der Waals surface area (Å²) >= 11 is 6.50. The number of aryl methyl sites for hydroxylation is 2. The number of ether oxygens (including phenoxy) is 3. The van der Waals surface area contributed by atoms with Gasteiger partial charge in [0.1, 0.15) is 11.3 Å². The lowest BCUT2D eigenvalue weighted by molar-refractivity contribution is -0.0752. The summed E-state index contributed by atoms with van der Waals surface area (Å²) in [5, 5.41) is 0.488. The molecule has 37 heavy (non-hydrogen) atoms. The van der Waals surface area contributed by atoms with Crippen LogP contribution in [0.2, 0.25) is 5.02 Å². The second-order valence-electron chi connectivity index (χ2n) is 11.6. The van der Waals surface area contributed by atoms with Gasteiger partial charge in [0.15, 0.2) is 5.78 Å². The maximum Gasteiger partial charge on any atom is 0.413 e. The van der Waals surface area contributed by atoms with Crippen molar-refractivity contribution in [1.29, 1.82) is 0 Å². The Kier molecular flexibility index (Phi) is 9.10. The SMILES string of the molecule is Cc1ccc(CCCC(=O)c2ccc(COC[C@]3(C)COC(C)(C)N3C(=O)OC(C)(C)C)c(Cl)c2)cc1. The fraction of sp³-hybridized carbons (Fsp3) is 0.533. The number of amides is 1. The van der Waals surface area contributed by atoms with Crippen LogP contribution in [0.25, 0.3) is 0 Å². The van der Waals surface area contributed by atoms with Gasteiger partial charge in [-0.15, -0.1) is 0 Å². The van der Waals surface area contributed by atoms with E-state index < -0.39 is 23.0 Å². The van der Waals surface area contributed by atoms with Gasteiger partial charge in [0.25, 0.3) is 0 Å². The number of nitrogens with zero attached hydrogens (tertiary/aromatic N) is 1. The summed E-state index contributed by atoms with van der Waals surface area (Å²) in [5.74, 6) is 0.0762. The lowest BCUT2D eigenvalue weighted by atomic mass is 10.0. The number of Topliss-reactive ketones (excluding diaryl/α,β-unsaturated/α-hetero) is 1.